The van der Waals surface area contributed by atoms with Crippen molar-refractivity contribution in [3.63, 3.8) is 0 Å². The minimum Gasteiger partial charge on any atom is -0.492 e. The molecule has 0 aliphatic carbocycles. The second-order valence-electron chi connectivity index (χ2n) is 16.9. The molecule has 0 saturated heterocycles. The van der Waals surface area contributed by atoms with Crippen LogP contribution in [0.3, 0.4) is 0 Å². The van der Waals surface area contributed by atoms with E-state index in [1.807, 2.05) is 24.4 Å². The van der Waals surface area contributed by atoms with Gasteiger partial charge in [0.1, 0.15) is 5.75 Å². The Hall–Kier alpha value is -4.83. The van der Waals surface area contributed by atoms with E-state index >= 15 is 0 Å². The number of aliphatic imine (C=N–C) groups is 2. The second-order valence-corrected chi connectivity index (χ2v) is 16.9. The largest absolute Gasteiger partial charge is 0.492 e. The van der Waals surface area contributed by atoms with E-state index in [9.17, 15) is 0 Å². The molecule has 0 N–H and O–H groups in total. The fourth-order valence-electron chi connectivity index (χ4n) is 8.10. The molecular formula is C56H73N3O. The molecule has 4 heteroatoms. The predicted octanol–water partition coefficient (Wildman–Crippen LogP) is 17.1. The van der Waals surface area contributed by atoms with Gasteiger partial charge in [-0.05, 0) is 92.3 Å². The van der Waals surface area contributed by atoms with Gasteiger partial charge in [0.05, 0.1) is 29.4 Å². The quantitative estimate of drug-likeness (QED) is 0.0392. The molecule has 4 aromatic carbocycles. The Kier molecular flexibility index (Phi) is 20.3. The van der Waals surface area contributed by atoms with E-state index in [1.54, 1.807) is 0 Å². The van der Waals surface area contributed by atoms with Crippen LogP contribution in [0, 0.1) is 20.8 Å². The van der Waals surface area contributed by atoms with Crippen LogP contribution in [0.5, 0.6) is 5.75 Å². The van der Waals surface area contributed by atoms with Crippen LogP contribution in [0.25, 0.3) is 22.3 Å². The van der Waals surface area contributed by atoms with E-state index in [2.05, 4.69) is 120 Å². The van der Waals surface area contributed by atoms with Gasteiger partial charge in [-0.25, -0.2) is 0 Å². The van der Waals surface area contributed by atoms with Crippen molar-refractivity contribution in [3.05, 3.63) is 132 Å². The highest BCUT2D eigenvalue weighted by Crippen LogP contribution is 2.43. The summed E-state index contributed by atoms with van der Waals surface area (Å²) in [5.74, 6) is 0.917. The zero-order valence-corrected chi connectivity index (χ0v) is 37.8. The number of rotatable bonds is 27. The molecule has 1 aromatic heterocycles. The maximum atomic E-state index is 6.83. The summed E-state index contributed by atoms with van der Waals surface area (Å²) in [7, 11) is 0. The van der Waals surface area contributed by atoms with Crippen molar-refractivity contribution in [1.82, 2.24) is 4.98 Å². The fraction of sp³-hybridized carbons (Fsp3) is 0.446. The van der Waals surface area contributed by atoms with Crippen LogP contribution in [0.15, 0.2) is 119 Å². The highest BCUT2D eigenvalue weighted by molar-refractivity contribution is 6.12. The number of nitrogens with zero attached hydrogens (tertiary/aromatic N) is 3. The number of aryl methyl sites for hydroxylation is 1. The summed E-state index contributed by atoms with van der Waals surface area (Å²) in [6.07, 6.45) is 27.0. The van der Waals surface area contributed by atoms with Gasteiger partial charge in [0, 0.05) is 29.5 Å². The average Bonchev–Trinajstić information content (AvgIpc) is 3.28. The maximum Gasteiger partial charge on any atom is 0.135 e. The lowest BCUT2D eigenvalue weighted by molar-refractivity contribution is 0.306. The third-order valence-electron chi connectivity index (χ3n) is 12.0. The standard InChI is InChI=1S/C56H73N3O/c1-6-7-8-9-10-11-12-13-14-15-16-17-18-19-20-21-22-31-40-60-56-51(48-32-25-23-26-33-48)42-50(43-52(56)49-34-27-24-28-35-49)59-55(54-36-29-30-39-57-54)41-45(3)58-53-38-37-44(2)46(4)47(53)5/h23-30,32-39,42-43H,6-22,31,40-41H2,1-5H3. The van der Waals surface area contributed by atoms with Crippen molar-refractivity contribution in [2.75, 3.05) is 6.61 Å². The van der Waals surface area contributed by atoms with E-state index in [1.165, 1.54) is 126 Å². The molecule has 0 bridgehead atoms. The topological polar surface area (TPSA) is 46.8 Å². The summed E-state index contributed by atoms with van der Waals surface area (Å²) in [6.45, 7) is 11.6. The van der Waals surface area contributed by atoms with Gasteiger partial charge < -0.3 is 4.74 Å². The molecule has 0 unspecified atom stereocenters. The summed E-state index contributed by atoms with van der Waals surface area (Å²) in [6, 6.07) is 35.9. The Morgan fingerprint density at radius 3 is 1.53 bits per heavy atom. The van der Waals surface area contributed by atoms with E-state index in [-0.39, 0.29) is 0 Å². The fourth-order valence-corrected chi connectivity index (χ4v) is 8.10. The molecule has 0 saturated carbocycles. The first-order chi connectivity index (χ1) is 29.4. The molecule has 0 aliphatic heterocycles. The van der Waals surface area contributed by atoms with Gasteiger partial charge in [-0.3, -0.25) is 15.0 Å². The van der Waals surface area contributed by atoms with Gasteiger partial charge in [0.15, 0.2) is 0 Å². The van der Waals surface area contributed by atoms with E-state index in [0.29, 0.717) is 13.0 Å². The first kappa shape index (κ1) is 46.2. The molecule has 5 aromatic rings. The van der Waals surface area contributed by atoms with E-state index < -0.39 is 0 Å². The molecule has 0 radical (unpaired) electrons. The molecule has 5 rings (SSSR count). The molecule has 0 amide bonds. The van der Waals surface area contributed by atoms with Gasteiger partial charge in [0.2, 0.25) is 0 Å². The summed E-state index contributed by atoms with van der Waals surface area (Å²) in [5.41, 5.74) is 12.7. The summed E-state index contributed by atoms with van der Waals surface area (Å²) < 4.78 is 6.83. The first-order valence-corrected chi connectivity index (χ1v) is 23.5. The van der Waals surface area contributed by atoms with Crippen LogP contribution in [0.1, 0.15) is 158 Å². The highest BCUT2D eigenvalue weighted by Gasteiger charge is 2.18. The summed E-state index contributed by atoms with van der Waals surface area (Å²) >= 11 is 0. The lowest BCUT2D eigenvalue weighted by Crippen LogP contribution is -2.09. The monoisotopic (exact) mass is 804 g/mol. The lowest BCUT2D eigenvalue weighted by atomic mass is 9.96. The molecule has 0 atom stereocenters. The van der Waals surface area contributed by atoms with Gasteiger partial charge >= 0.3 is 0 Å². The summed E-state index contributed by atoms with van der Waals surface area (Å²) in [4.78, 5) is 15.2. The SMILES string of the molecule is CCCCCCCCCCCCCCCCCCCCOc1c(-c2ccccc2)cc(N=C(CC(C)=Nc2ccc(C)c(C)c2C)c2ccccn2)cc1-c1ccccc1. The molecule has 4 nitrogen and oxygen atoms in total. The van der Waals surface area contributed by atoms with Crippen LogP contribution in [0.2, 0.25) is 0 Å². The van der Waals surface area contributed by atoms with Crippen molar-refractivity contribution in [2.24, 2.45) is 9.98 Å². The predicted molar refractivity (Wildman–Crippen MR) is 260 cm³/mol. The minimum absolute atomic E-state index is 0.572. The Labute approximate surface area is 364 Å². The Morgan fingerprint density at radius 1 is 0.533 bits per heavy atom. The zero-order valence-electron chi connectivity index (χ0n) is 37.8. The smallest absolute Gasteiger partial charge is 0.135 e. The number of hydrogen-bond acceptors (Lipinski definition) is 4. The Morgan fingerprint density at radius 2 is 1.03 bits per heavy atom. The minimum atomic E-state index is 0.572. The molecule has 0 fully saturated rings. The third-order valence-corrected chi connectivity index (χ3v) is 12.0. The Bertz CT molecular complexity index is 1970. The van der Waals surface area contributed by atoms with Gasteiger partial charge in [0.25, 0.3) is 0 Å². The number of pyridine rings is 1. The first-order valence-electron chi connectivity index (χ1n) is 23.5. The van der Waals surface area contributed by atoms with Crippen molar-refractivity contribution in [2.45, 2.75) is 157 Å². The highest BCUT2D eigenvalue weighted by atomic mass is 16.5. The Balaban J connectivity index is 1.24. The normalized spacial score (nSPS) is 11.9. The van der Waals surface area contributed by atoms with Gasteiger partial charge in [-0.15, -0.1) is 0 Å². The number of hydrogen-bond donors (Lipinski definition) is 0. The maximum absolute atomic E-state index is 6.83. The molecule has 60 heavy (non-hydrogen) atoms. The van der Waals surface area contributed by atoms with Crippen molar-refractivity contribution in [1.29, 1.82) is 0 Å². The van der Waals surface area contributed by atoms with Crippen LogP contribution in [-0.4, -0.2) is 23.0 Å². The molecule has 0 aliphatic rings. The third kappa shape index (κ3) is 15.3. The van der Waals surface area contributed by atoms with Gasteiger partial charge in [-0.2, -0.15) is 0 Å². The second kappa shape index (κ2) is 26.4. The number of aromatic nitrogens is 1. The van der Waals surface area contributed by atoms with E-state index in [0.717, 1.165) is 62.9 Å². The van der Waals surface area contributed by atoms with E-state index in [4.69, 9.17) is 19.7 Å². The molecule has 0 spiro atoms. The van der Waals surface area contributed by atoms with Crippen molar-refractivity contribution in [3.8, 4) is 28.0 Å². The van der Waals surface area contributed by atoms with Crippen LogP contribution < -0.4 is 4.74 Å². The zero-order chi connectivity index (χ0) is 42.2. The summed E-state index contributed by atoms with van der Waals surface area (Å²) in [5, 5.41) is 0. The molecule has 1 heterocycles. The van der Waals surface area contributed by atoms with Crippen molar-refractivity contribution >= 4 is 22.8 Å². The number of benzene rings is 4. The number of ether oxygens (including phenoxy) is 1. The van der Waals surface area contributed by atoms with Crippen LogP contribution in [-0.2, 0) is 0 Å². The lowest BCUT2D eigenvalue weighted by Gasteiger charge is -2.18. The average molecular weight is 804 g/mol. The number of unbranched alkanes of at least 4 members (excludes halogenated alkanes) is 17. The van der Waals surface area contributed by atoms with Crippen LogP contribution >= 0.6 is 0 Å². The van der Waals surface area contributed by atoms with Gasteiger partial charge in [-0.1, -0.05) is 189 Å². The molecule has 318 valence electrons. The van der Waals surface area contributed by atoms with Crippen LogP contribution in [0.4, 0.5) is 11.4 Å². The van der Waals surface area contributed by atoms with Crippen molar-refractivity contribution < 1.29 is 4.74 Å². The molecular weight excluding hydrogens is 731 g/mol.